The lowest BCUT2D eigenvalue weighted by Crippen LogP contribution is -2.35. The second-order valence-electron chi connectivity index (χ2n) is 7.17. The summed E-state index contributed by atoms with van der Waals surface area (Å²) in [4.78, 5) is 25.3. The van der Waals surface area contributed by atoms with Crippen molar-refractivity contribution in [2.24, 2.45) is 0 Å². The average Bonchev–Trinajstić information content (AvgIpc) is 3.07. The van der Waals surface area contributed by atoms with Crippen LogP contribution in [0.2, 0.25) is 5.02 Å². The zero-order valence-electron chi connectivity index (χ0n) is 17.4. The van der Waals surface area contributed by atoms with Crippen LogP contribution in [0.4, 0.5) is 5.69 Å². The van der Waals surface area contributed by atoms with Crippen LogP contribution in [0.3, 0.4) is 0 Å². The highest BCUT2D eigenvalue weighted by atomic mass is 35.5. The number of hydrogen-bond donors (Lipinski definition) is 1. The summed E-state index contributed by atoms with van der Waals surface area (Å²) in [7, 11) is 0. The Kier molecular flexibility index (Phi) is 6.42. The molecule has 1 fully saturated rings. The van der Waals surface area contributed by atoms with Crippen LogP contribution in [-0.4, -0.2) is 25.0 Å². The molecule has 0 radical (unpaired) electrons. The molecule has 0 unspecified atom stereocenters. The van der Waals surface area contributed by atoms with Gasteiger partial charge in [0.2, 0.25) is 0 Å². The van der Waals surface area contributed by atoms with Gasteiger partial charge in [-0.1, -0.05) is 41.9 Å². The Morgan fingerprint density at radius 3 is 2.50 bits per heavy atom. The van der Waals surface area contributed by atoms with E-state index < -0.39 is 11.8 Å². The molecule has 2 amide bonds. The molecule has 0 saturated carbocycles. The van der Waals surface area contributed by atoms with Crippen molar-refractivity contribution in [1.29, 1.82) is 0 Å². The molecule has 3 aromatic carbocycles. The van der Waals surface area contributed by atoms with Crippen molar-refractivity contribution < 1.29 is 19.1 Å². The van der Waals surface area contributed by atoms with Gasteiger partial charge in [-0.3, -0.25) is 15.0 Å². The molecule has 0 aromatic heterocycles. The van der Waals surface area contributed by atoms with Crippen LogP contribution >= 0.6 is 11.6 Å². The Bertz CT molecular complexity index is 1180. The normalized spacial score (nSPS) is 14.6. The van der Waals surface area contributed by atoms with E-state index in [1.54, 1.807) is 42.5 Å². The van der Waals surface area contributed by atoms with Gasteiger partial charge in [-0.05, 0) is 61.0 Å². The summed E-state index contributed by atoms with van der Waals surface area (Å²) in [6.45, 7) is 2.61. The fourth-order valence-corrected chi connectivity index (χ4v) is 3.43. The molecule has 6 nitrogen and oxygen atoms in total. The van der Waals surface area contributed by atoms with Gasteiger partial charge in [0, 0.05) is 10.6 Å². The molecule has 1 saturated heterocycles. The first-order chi connectivity index (χ1) is 15.5. The zero-order valence-corrected chi connectivity index (χ0v) is 18.1. The molecule has 1 heterocycles. The van der Waals surface area contributed by atoms with E-state index in [0.29, 0.717) is 28.6 Å². The lowest BCUT2D eigenvalue weighted by molar-refractivity contribution is -0.117. The number of rotatable bonds is 7. The smallest absolute Gasteiger partial charge is 0.282 e. The second-order valence-corrected chi connectivity index (χ2v) is 7.61. The van der Waals surface area contributed by atoms with Crippen molar-refractivity contribution in [1.82, 2.24) is 5.43 Å². The minimum Gasteiger partial charge on any atom is -0.490 e. The summed E-state index contributed by atoms with van der Waals surface area (Å²) < 4.78 is 11.6. The molecule has 0 spiro atoms. The van der Waals surface area contributed by atoms with Crippen molar-refractivity contribution in [2.75, 3.05) is 18.2 Å². The van der Waals surface area contributed by atoms with E-state index in [9.17, 15) is 9.59 Å². The second kappa shape index (κ2) is 9.58. The third-order valence-corrected chi connectivity index (χ3v) is 5.01. The van der Waals surface area contributed by atoms with Crippen molar-refractivity contribution in [2.45, 2.75) is 6.92 Å². The standard InChI is InChI=1S/C25H21ClN2O4/c1-17-6-5-9-21(14-17)31-12-13-32-23-11-10-19(26)15-18(23)16-22-24(29)27-28(25(22)30)20-7-3-2-4-8-20/h2-11,14-16H,12-13H2,1H3,(H,27,29). The third-order valence-electron chi connectivity index (χ3n) is 4.78. The first kappa shape index (κ1) is 21.5. The molecule has 4 rings (SSSR count). The number of carbonyl (C=O) groups excluding carboxylic acids is 2. The van der Waals surface area contributed by atoms with E-state index in [-0.39, 0.29) is 12.2 Å². The number of nitrogens with zero attached hydrogens (tertiary/aromatic N) is 1. The van der Waals surface area contributed by atoms with E-state index in [2.05, 4.69) is 5.43 Å². The molecular formula is C25H21ClN2O4. The van der Waals surface area contributed by atoms with Crippen LogP contribution in [0.1, 0.15) is 11.1 Å². The number of amides is 2. The summed E-state index contributed by atoms with van der Waals surface area (Å²) in [5, 5.41) is 1.68. The monoisotopic (exact) mass is 448 g/mol. The van der Waals surface area contributed by atoms with Crippen LogP contribution in [0.25, 0.3) is 6.08 Å². The van der Waals surface area contributed by atoms with Gasteiger partial charge in [0.1, 0.15) is 30.3 Å². The largest absolute Gasteiger partial charge is 0.490 e. The predicted molar refractivity (Wildman–Crippen MR) is 124 cm³/mol. The van der Waals surface area contributed by atoms with Gasteiger partial charge in [-0.25, -0.2) is 5.01 Å². The Morgan fingerprint density at radius 2 is 1.72 bits per heavy atom. The van der Waals surface area contributed by atoms with Gasteiger partial charge in [0.15, 0.2) is 0 Å². The highest BCUT2D eigenvalue weighted by molar-refractivity contribution is 6.32. The minimum absolute atomic E-state index is 0.00280. The average molecular weight is 449 g/mol. The lowest BCUT2D eigenvalue weighted by Gasteiger charge is -2.14. The van der Waals surface area contributed by atoms with Gasteiger partial charge < -0.3 is 9.47 Å². The summed E-state index contributed by atoms with van der Waals surface area (Å²) in [6, 6.07) is 21.7. The maximum atomic E-state index is 12.8. The number of ether oxygens (including phenoxy) is 2. The fourth-order valence-electron chi connectivity index (χ4n) is 3.25. The van der Waals surface area contributed by atoms with E-state index >= 15 is 0 Å². The minimum atomic E-state index is -0.493. The Labute approximate surface area is 191 Å². The number of carbonyl (C=O) groups is 2. The van der Waals surface area contributed by atoms with Gasteiger partial charge in [-0.15, -0.1) is 0 Å². The third kappa shape index (κ3) is 4.92. The van der Waals surface area contributed by atoms with Gasteiger partial charge in [0.05, 0.1) is 5.69 Å². The number of hydrazine groups is 1. The van der Waals surface area contributed by atoms with E-state index in [1.807, 2.05) is 37.3 Å². The molecule has 0 atom stereocenters. The first-order valence-electron chi connectivity index (χ1n) is 10.1. The number of benzene rings is 3. The number of nitrogens with one attached hydrogen (secondary N) is 1. The van der Waals surface area contributed by atoms with Gasteiger partial charge >= 0.3 is 0 Å². The van der Waals surface area contributed by atoms with Gasteiger partial charge in [-0.2, -0.15) is 0 Å². The van der Waals surface area contributed by atoms with Crippen LogP contribution in [0.15, 0.2) is 78.4 Å². The topological polar surface area (TPSA) is 67.9 Å². The Morgan fingerprint density at radius 1 is 0.938 bits per heavy atom. The molecule has 1 aliphatic heterocycles. The molecular weight excluding hydrogens is 428 g/mol. The van der Waals surface area contributed by atoms with Crippen molar-refractivity contribution >= 4 is 35.2 Å². The lowest BCUT2D eigenvalue weighted by atomic mass is 10.1. The molecule has 162 valence electrons. The molecule has 1 N–H and O–H groups in total. The van der Waals surface area contributed by atoms with Crippen LogP contribution < -0.4 is 19.9 Å². The van der Waals surface area contributed by atoms with E-state index in [4.69, 9.17) is 21.1 Å². The number of halogens is 1. The maximum absolute atomic E-state index is 12.8. The summed E-state index contributed by atoms with van der Waals surface area (Å²) in [5.74, 6) is 0.317. The van der Waals surface area contributed by atoms with Crippen molar-refractivity contribution in [3.05, 3.63) is 94.5 Å². The first-order valence-corrected chi connectivity index (χ1v) is 10.4. The van der Waals surface area contributed by atoms with E-state index in [0.717, 1.165) is 11.3 Å². The number of hydrogen-bond acceptors (Lipinski definition) is 4. The van der Waals surface area contributed by atoms with Gasteiger partial charge in [0.25, 0.3) is 11.8 Å². The molecule has 3 aromatic rings. The molecule has 1 aliphatic rings. The van der Waals surface area contributed by atoms with Crippen LogP contribution in [0, 0.1) is 6.92 Å². The zero-order chi connectivity index (χ0) is 22.5. The number of anilines is 1. The van der Waals surface area contributed by atoms with Crippen LogP contribution in [0.5, 0.6) is 11.5 Å². The summed E-state index contributed by atoms with van der Waals surface area (Å²) in [6.07, 6.45) is 1.49. The number of para-hydroxylation sites is 1. The highest BCUT2D eigenvalue weighted by Crippen LogP contribution is 2.28. The Hall–Kier alpha value is -3.77. The maximum Gasteiger partial charge on any atom is 0.282 e. The SMILES string of the molecule is Cc1cccc(OCCOc2ccc(Cl)cc2C=C2C(=O)NN(c3ccccc3)C2=O)c1. The van der Waals surface area contributed by atoms with Crippen molar-refractivity contribution in [3.63, 3.8) is 0 Å². The molecule has 7 heteroatoms. The fraction of sp³-hybridized carbons (Fsp3) is 0.120. The molecule has 0 bridgehead atoms. The van der Waals surface area contributed by atoms with E-state index in [1.165, 1.54) is 11.1 Å². The quantitative estimate of drug-likeness (QED) is 0.326. The highest BCUT2D eigenvalue weighted by Gasteiger charge is 2.34. The Balaban J connectivity index is 1.48. The molecule has 32 heavy (non-hydrogen) atoms. The number of aryl methyl sites for hydroxylation is 1. The van der Waals surface area contributed by atoms with Crippen molar-refractivity contribution in [3.8, 4) is 11.5 Å². The summed E-state index contributed by atoms with van der Waals surface area (Å²) >= 11 is 6.15. The summed E-state index contributed by atoms with van der Waals surface area (Å²) in [5.41, 5.74) is 4.79. The van der Waals surface area contributed by atoms with Crippen LogP contribution in [-0.2, 0) is 9.59 Å². The predicted octanol–water partition coefficient (Wildman–Crippen LogP) is 4.57. The molecule has 0 aliphatic carbocycles.